The molecule has 0 saturated carbocycles. The summed E-state index contributed by atoms with van der Waals surface area (Å²) in [5, 5.41) is 4.30. The van der Waals surface area contributed by atoms with E-state index in [1.807, 2.05) is 35.2 Å². The van der Waals surface area contributed by atoms with Gasteiger partial charge in [-0.2, -0.15) is 13.2 Å². The van der Waals surface area contributed by atoms with Crippen LogP contribution in [0, 0.1) is 0 Å². The molecule has 4 aromatic rings. The smallest absolute Gasteiger partial charge is 0.339 e. The Balaban J connectivity index is 1.38. The van der Waals surface area contributed by atoms with Gasteiger partial charge in [-0.25, -0.2) is 9.97 Å². The summed E-state index contributed by atoms with van der Waals surface area (Å²) in [6, 6.07) is 15.5. The van der Waals surface area contributed by atoms with Crippen molar-refractivity contribution in [3.05, 3.63) is 89.5 Å². The molecule has 0 fully saturated rings. The molecule has 1 aliphatic heterocycles. The number of fused-ring (bicyclic) bond motifs is 2. The molecule has 0 amide bonds. The van der Waals surface area contributed by atoms with Gasteiger partial charge >= 0.3 is 6.18 Å². The van der Waals surface area contributed by atoms with Crippen molar-refractivity contribution in [1.82, 2.24) is 19.9 Å². The normalized spacial score (nSPS) is 14.0. The molecular weight excluding hydrogens is 403 g/mol. The van der Waals surface area contributed by atoms with Crippen LogP contribution in [-0.4, -0.2) is 19.9 Å². The Hall–Kier alpha value is -3.52. The molecule has 0 spiro atoms. The number of pyridine rings is 1. The number of hydrogen-bond donors (Lipinski definition) is 1. The summed E-state index contributed by atoms with van der Waals surface area (Å²) < 4.78 is 40.0. The van der Waals surface area contributed by atoms with Crippen LogP contribution in [0.2, 0.25) is 0 Å². The fourth-order valence-electron chi connectivity index (χ4n) is 3.91. The molecule has 156 valence electrons. The maximum Gasteiger partial charge on any atom is 0.416 e. The van der Waals surface area contributed by atoms with E-state index in [1.165, 1.54) is 18.5 Å². The third-order valence-electron chi connectivity index (χ3n) is 5.36. The third kappa shape index (κ3) is 3.94. The van der Waals surface area contributed by atoms with E-state index in [-0.39, 0.29) is 12.1 Å². The van der Waals surface area contributed by atoms with Gasteiger partial charge < -0.3 is 5.32 Å². The maximum atomic E-state index is 13.3. The van der Waals surface area contributed by atoms with Crippen molar-refractivity contribution < 1.29 is 13.2 Å². The molecule has 2 aromatic carbocycles. The molecule has 0 saturated heterocycles. The Kier molecular flexibility index (Phi) is 4.78. The number of aromatic nitrogens is 3. The van der Waals surface area contributed by atoms with Crippen molar-refractivity contribution in [1.29, 1.82) is 0 Å². The summed E-state index contributed by atoms with van der Waals surface area (Å²) in [7, 11) is 0. The molecule has 3 heterocycles. The summed E-state index contributed by atoms with van der Waals surface area (Å²) >= 11 is 0. The van der Waals surface area contributed by atoms with Gasteiger partial charge in [0.05, 0.1) is 28.7 Å². The average molecular weight is 421 g/mol. The number of alkyl halides is 3. The number of rotatable bonds is 4. The number of benzene rings is 2. The molecule has 0 aliphatic carbocycles. The van der Waals surface area contributed by atoms with Gasteiger partial charge in [0.1, 0.15) is 12.1 Å². The van der Waals surface area contributed by atoms with Crippen LogP contribution in [0.25, 0.3) is 10.9 Å². The van der Waals surface area contributed by atoms with Crippen LogP contribution in [0.3, 0.4) is 0 Å². The second-order valence-electron chi connectivity index (χ2n) is 7.49. The lowest BCUT2D eigenvalue weighted by Crippen LogP contribution is -2.19. The third-order valence-corrected chi connectivity index (χ3v) is 5.36. The van der Waals surface area contributed by atoms with Crippen molar-refractivity contribution in [3.8, 4) is 0 Å². The van der Waals surface area contributed by atoms with Gasteiger partial charge in [0.2, 0.25) is 0 Å². The molecule has 1 aliphatic rings. The highest BCUT2D eigenvalue weighted by atomic mass is 19.4. The Morgan fingerprint density at radius 1 is 0.935 bits per heavy atom. The number of hydrogen-bond acceptors (Lipinski definition) is 5. The number of nitrogens with one attached hydrogen (secondary N) is 1. The first-order valence-electron chi connectivity index (χ1n) is 9.79. The number of para-hydroxylation sites is 1. The molecule has 0 radical (unpaired) electrons. The Morgan fingerprint density at radius 2 is 1.74 bits per heavy atom. The van der Waals surface area contributed by atoms with Crippen molar-refractivity contribution >= 4 is 22.4 Å². The zero-order valence-electron chi connectivity index (χ0n) is 16.4. The SMILES string of the molecule is FC(F)(F)c1ccccc1CN1Cc2ncnc(Nc3cnc4ccccc4c3)c2C1. The van der Waals surface area contributed by atoms with Crippen LogP contribution in [0.15, 0.2) is 67.1 Å². The van der Waals surface area contributed by atoms with Gasteiger partial charge in [0.25, 0.3) is 0 Å². The van der Waals surface area contributed by atoms with Crippen LogP contribution in [-0.2, 0) is 25.8 Å². The van der Waals surface area contributed by atoms with Crippen LogP contribution in [0.1, 0.15) is 22.4 Å². The van der Waals surface area contributed by atoms with E-state index in [1.54, 1.807) is 12.3 Å². The molecule has 5 nitrogen and oxygen atoms in total. The zero-order valence-corrected chi connectivity index (χ0v) is 16.4. The van der Waals surface area contributed by atoms with Gasteiger partial charge in [-0.15, -0.1) is 0 Å². The molecule has 0 bridgehead atoms. The van der Waals surface area contributed by atoms with Crippen LogP contribution in [0.4, 0.5) is 24.7 Å². The lowest BCUT2D eigenvalue weighted by molar-refractivity contribution is -0.138. The van der Waals surface area contributed by atoms with E-state index in [2.05, 4.69) is 20.3 Å². The first kappa shape index (κ1) is 19.4. The summed E-state index contributed by atoms with van der Waals surface area (Å²) in [6.07, 6.45) is -1.16. The van der Waals surface area contributed by atoms with Gasteiger partial charge in [0, 0.05) is 30.6 Å². The topological polar surface area (TPSA) is 53.9 Å². The minimum absolute atomic E-state index is 0.184. The molecule has 5 rings (SSSR count). The first-order chi connectivity index (χ1) is 15.0. The predicted octanol–water partition coefficient (Wildman–Crippen LogP) is 5.30. The second-order valence-corrected chi connectivity index (χ2v) is 7.49. The largest absolute Gasteiger partial charge is 0.416 e. The molecule has 1 N–H and O–H groups in total. The number of nitrogens with zero attached hydrogens (tertiary/aromatic N) is 4. The standard InChI is InChI=1S/C23H18F3N5/c24-23(25,26)19-7-3-1-6-16(19)11-31-12-18-21(13-31)28-14-29-22(18)30-17-9-15-5-2-4-8-20(15)27-10-17/h1-10,14H,11-13H2,(H,28,29,30). The lowest BCUT2D eigenvalue weighted by Gasteiger charge is -2.18. The van der Waals surface area contributed by atoms with E-state index >= 15 is 0 Å². The van der Waals surface area contributed by atoms with Crippen LogP contribution in [0.5, 0.6) is 0 Å². The maximum absolute atomic E-state index is 13.3. The van der Waals surface area contributed by atoms with Crippen molar-refractivity contribution in [2.75, 3.05) is 5.32 Å². The Labute approximate surface area is 176 Å². The molecule has 0 unspecified atom stereocenters. The van der Waals surface area contributed by atoms with E-state index in [0.717, 1.165) is 33.9 Å². The molecule has 31 heavy (non-hydrogen) atoms. The molecule has 8 heteroatoms. The van der Waals surface area contributed by atoms with Crippen molar-refractivity contribution in [2.24, 2.45) is 0 Å². The second kappa shape index (κ2) is 7.63. The summed E-state index contributed by atoms with van der Waals surface area (Å²) in [4.78, 5) is 15.1. The average Bonchev–Trinajstić information content (AvgIpc) is 3.17. The minimum atomic E-state index is -4.38. The van der Waals surface area contributed by atoms with E-state index in [0.29, 0.717) is 18.9 Å². The van der Waals surface area contributed by atoms with Gasteiger partial charge in [-0.3, -0.25) is 9.88 Å². The molecule has 0 atom stereocenters. The number of anilines is 2. The Bertz CT molecular complexity index is 1260. The van der Waals surface area contributed by atoms with Gasteiger partial charge in [-0.1, -0.05) is 36.4 Å². The molecular formula is C23H18F3N5. The number of halogens is 3. The quantitative estimate of drug-likeness (QED) is 0.484. The van der Waals surface area contributed by atoms with E-state index in [9.17, 15) is 13.2 Å². The highest BCUT2D eigenvalue weighted by Gasteiger charge is 2.34. The van der Waals surface area contributed by atoms with Crippen molar-refractivity contribution in [2.45, 2.75) is 25.8 Å². The van der Waals surface area contributed by atoms with Crippen LogP contribution < -0.4 is 5.32 Å². The summed E-state index contributed by atoms with van der Waals surface area (Å²) in [6.45, 7) is 1.11. The summed E-state index contributed by atoms with van der Waals surface area (Å²) in [5.41, 5.74) is 3.05. The monoisotopic (exact) mass is 421 g/mol. The molecule has 2 aromatic heterocycles. The van der Waals surface area contributed by atoms with Crippen LogP contribution >= 0.6 is 0 Å². The first-order valence-corrected chi connectivity index (χ1v) is 9.79. The summed E-state index contributed by atoms with van der Waals surface area (Å²) in [5.74, 6) is 0.647. The van der Waals surface area contributed by atoms with E-state index < -0.39 is 11.7 Å². The highest BCUT2D eigenvalue weighted by Crippen LogP contribution is 2.34. The fraction of sp³-hybridized carbons (Fsp3) is 0.174. The van der Waals surface area contributed by atoms with E-state index in [4.69, 9.17) is 0 Å². The highest BCUT2D eigenvalue weighted by molar-refractivity contribution is 5.82. The van der Waals surface area contributed by atoms with Crippen molar-refractivity contribution in [3.63, 3.8) is 0 Å². The zero-order chi connectivity index (χ0) is 21.4. The Morgan fingerprint density at radius 3 is 2.61 bits per heavy atom. The fourth-order valence-corrected chi connectivity index (χ4v) is 3.91. The van der Waals surface area contributed by atoms with Gasteiger partial charge in [0.15, 0.2) is 0 Å². The predicted molar refractivity (Wildman–Crippen MR) is 111 cm³/mol. The lowest BCUT2D eigenvalue weighted by atomic mass is 10.1. The minimum Gasteiger partial charge on any atom is -0.339 e. The van der Waals surface area contributed by atoms with Gasteiger partial charge in [-0.05, 0) is 23.8 Å².